The molecule has 0 bridgehead atoms. The van der Waals surface area contributed by atoms with Crippen molar-refractivity contribution in [2.45, 2.75) is 25.2 Å². The maximum atomic E-state index is 4.20. The fourth-order valence-electron chi connectivity index (χ4n) is 12.8. The van der Waals surface area contributed by atoms with Gasteiger partial charge in [-0.2, -0.15) is 0 Å². The lowest BCUT2D eigenvalue weighted by Gasteiger charge is -2.32. The molecular formula is C68H49N3. The minimum atomic E-state index is -0.505. The number of rotatable bonds is 8. The molecule has 0 saturated heterocycles. The average molecular weight is 908 g/mol. The number of hydrogen-bond acceptors (Lipinski definition) is 1. The highest BCUT2D eigenvalue weighted by atomic mass is 15.2. The highest BCUT2D eigenvalue weighted by molar-refractivity contribution is 6.19. The summed E-state index contributed by atoms with van der Waals surface area (Å²) in [5.74, 6) is 0. The van der Waals surface area contributed by atoms with Gasteiger partial charge in [-0.3, -0.25) is 0 Å². The molecule has 0 amide bonds. The number of nitrogens with zero attached hydrogens (tertiary/aromatic N) is 3. The topological polar surface area (TPSA) is 13.1 Å². The maximum Gasteiger partial charge on any atom is 0.0782 e. The second-order valence-corrected chi connectivity index (χ2v) is 19.0. The molecule has 0 N–H and O–H groups in total. The van der Waals surface area contributed by atoms with Crippen molar-refractivity contribution >= 4 is 66.4 Å². The largest absolute Gasteiger partial charge is 0.311 e. The number of aromatic nitrogens is 2. The number of hydrogen-bond donors (Lipinski definition) is 0. The number of fused-ring (bicyclic) bond motifs is 16. The van der Waals surface area contributed by atoms with Gasteiger partial charge in [0.1, 0.15) is 0 Å². The van der Waals surface area contributed by atoms with Gasteiger partial charge in [-0.15, -0.1) is 0 Å². The Morgan fingerprint density at radius 3 is 1.61 bits per heavy atom. The summed E-state index contributed by atoms with van der Waals surface area (Å²) in [6.45, 7) is 6.26. The van der Waals surface area contributed by atoms with E-state index in [1.54, 1.807) is 0 Å². The number of allylic oxidation sites excluding steroid dienone is 9. The smallest absolute Gasteiger partial charge is 0.0782 e. The second-order valence-electron chi connectivity index (χ2n) is 19.0. The van der Waals surface area contributed by atoms with E-state index >= 15 is 0 Å². The molecule has 0 aliphatic heterocycles. The van der Waals surface area contributed by atoms with Crippen LogP contribution in [0.4, 0.5) is 17.1 Å². The van der Waals surface area contributed by atoms with Crippen LogP contribution in [0.5, 0.6) is 0 Å². The minimum absolute atomic E-state index is 0.505. The molecular weight excluding hydrogens is 859 g/mol. The molecule has 14 rings (SSSR count). The van der Waals surface area contributed by atoms with Gasteiger partial charge in [-0.05, 0) is 118 Å². The predicted octanol–water partition coefficient (Wildman–Crippen LogP) is 18.0. The lowest BCUT2D eigenvalue weighted by molar-refractivity contribution is 0.794. The van der Waals surface area contributed by atoms with Crippen molar-refractivity contribution in [3.63, 3.8) is 0 Å². The highest BCUT2D eigenvalue weighted by Crippen LogP contribution is 2.65. The third-order valence-corrected chi connectivity index (χ3v) is 15.6. The van der Waals surface area contributed by atoms with Crippen molar-refractivity contribution < 1.29 is 0 Å². The molecule has 0 unspecified atom stereocenters. The van der Waals surface area contributed by atoms with Crippen LogP contribution in [-0.4, -0.2) is 9.13 Å². The summed E-state index contributed by atoms with van der Waals surface area (Å²) < 4.78 is 5.05. The Hall–Kier alpha value is -8.92. The Morgan fingerprint density at radius 1 is 0.479 bits per heavy atom. The van der Waals surface area contributed by atoms with Crippen molar-refractivity contribution in [3.8, 4) is 27.9 Å². The third kappa shape index (κ3) is 5.78. The van der Waals surface area contributed by atoms with E-state index in [1.807, 2.05) is 6.08 Å². The molecule has 11 aromatic rings. The molecule has 336 valence electrons. The van der Waals surface area contributed by atoms with Gasteiger partial charge >= 0.3 is 0 Å². The Kier molecular flexibility index (Phi) is 9.31. The molecule has 2 aromatic heterocycles. The Bertz CT molecular complexity index is 4100. The van der Waals surface area contributed by atoms with Crippen LogP contribution < -0.4 is 4.90 Å². The van der Waals surface area contributed by atoms with Gasteiger partial charge in [-0.25, -0.2) is 0 Å². The molecule has 0 atom stereocenters. The molecule has 3 nitrogen and oxygen atoms in total. The van der Waals surface area contributed by atoms with E-state index in [0.29, 0.717) is 0 Å². The van der Waals surface area contributed by atoms with Crippen LogP contribution in [-0.2, 0) is 5.41 Å². The van der Waals surface area contributed by atoms with Crippen molar-refractivity contribution in [1.82, 2.24) is 9.13 Å². The number of para-hydroxylation sites is 5. The summed E-state index contributed by atoms with van der Waals surface area (Å²) in [7, 11) is 0. The number of anilines is 3. The lowest BCUT2D eigenvalue weighted by atomic mass is 9.70. The van der Waals surface area contributed by atoms with Gasteiger partial charge in [0.2, 0.25) is 0 Å². The van der Waals surface area contributed by atoms with Crippen LogP contribution in [0.2, 0.25) is 0 Å². The molecule has 2 heterocycles. The van der Waals surface area contributed by atoms with Crippen LogP contribution in [0.3, 0.4) is 0 Å². The summed E-state index contributed by atoms with van der Waals surface area (Å²) in [6, 6.07) is 77.2. The maximum absolute atomic E-state index is 4.20. The van der Waals surface area contributed by atoms with Crippen LogP contribution in [0.1, 0.15) is 42.0 Å². The summed E-state index contributed by atoms with van der Waals surface area (Å²) in [6.07, 6.45) is 14.8. The van der Waals surface area contributed by atoms with E-state index in [1.165, 1.54) is 93.9 Å². The van der Waals surface area contributed by atoms with E-state index in [9.17, 15) is 0 Å². The molecule has 3 aliphatic rings. The molecule has 9 aromatic carbocycles. The Morgan fingerprint density at radius 2 is 0.986 bits per heavy atom. The summed E-state index contributed by atoms with van der Waals surface area (Å²) >= 11 is 0. The molecule has 0 radical (unpaired) electrons. The standard InChI is InChI=1S/C68H49N3/c1-3-5-22-45(4-2)46-41-43-48(44-42-46)70-61-37-18-13-28-52(61)54-31-20-40-64(67(54)70)71(63-39-19-30-53-51-27-12-17-36-60(51)69(66(53)63)47-23-7-6-8-24-47)62-38-21-35-59-65(62)55-29-11-16-34-58(55)68(59)56-32-14-9-25-49(56)50-26-10-15-33-57(50)68/h3-41,43H,2,42,44H2,1H3/b5-3-,45-22+. The van der Waals surface area contributed by atoms with Crippen molar-refractivity contribution in [2.75, 3.05) is 4.90 Å². The SMILES string of the molecule is C=C/C(=C\C=C/C)C1=CC=C(n2c3ccccc3c3cccc(N(c4cccc5c4-c4ccccc4C54c5ccccc5-c5ccccc54)c4cccc5c6ccccc6n(-c6ccccc6)c45)c32)CC1. The van der Waals surface area contributed by atoms with E-state index in [4.69, 9.17) is 0 Å². The normalized spacial score (nSPS) is 14.5. The third-order valence-electron chi connectivity index (χ3n) is 15.6. The van der Waals surface area contributed by atoms with Gasteiger partial charge in [0.25, 0.3) is 0 Å². The van der Waals surface area contributed by atoms with E-state index in [0.717, 1.165) is 46.7 Å². The zero-order chi connectivity index (χ0) is 47.2. The van der Waals surface area contributed by atoms with Crippen LogP contribution in [0.25, 0.3) is 77.2 Å². The van der Waals surface area contributed by atoms with Gasteiger partial charge in [0.05, 0.1) is 44.5 Å². The van der Waals surface area contributed by atoms with Gasteiger partial charge < -0.3 is 14.0 Å². The first-order valence-electron chi connectivity index (χ1n) is 24.9. The summed E-state index contributed by atoms with van der Waals surface area (Å²) in [4.78, 5) is 2.63. The summed E-state index contributed by atoms with van der Waals surface area (Å²) in [5.41, 5.74) is 22.8. The first-order chi connectivity index (χ1) is 35.2. The molecule has 0 saturated carbocycles. The summed E-state index contributed by atoms with van der Waals surface area (Å²) in [5, 5.41) is 4.88. The van der Waals surface area contributed by atoms with Gasteiger partial charge in [0, 0.05) is 38.5 Å². The Labute approximate surface area is 414 Å². The second kappa shape index (κ2) is 16.1. The van der Waals surface area contributed by atoms with Gasteiger partial charge in [0.15, 0.2) is 0 Å². The van der Waals surface area contributed by atoms with Crippen LogP contribution in [0.15, 0.2) is 260 Å². The minimum Gasteiger partial charge on any atom is -0.311 e. The van der Waals surface area contributed by atoms with Gasteiger partial charge in [-0.1, -0.05) is 201 Å². The van der Waals surface area contributed by atoms with Crippen molar-refractivity contribution in [3.05, 3.63) is 283 Å². The molecule has 71 heavy (non-hydrogen) atoms. The fourth-order valence-corrected chi connectivity index (χ4v) is 12.8. The zero-order valence-electron chi connectivity index (χ0n) is 39.6. The van der Waals surface area contributed by atoms with Crippen LogP contribution in [0, 0.1) is 0 Å². The Balaban J connectivity index is 1.13. The molecule has 3 aliphatic carbocycles. The van der Waals surface area contributed by atoms with E-state index in [2.05, 4.69) is 264 Å². The van der Waals surface area contributed by atoms with Crippen molar-refractivity contribution in [2.24, 2.45) is 0 Å². The van der Waals surface area contributed by atoms with Crippen LogP contribution >= 0.6 is 0 Å². The lowest BCUT2D eigenvalue weighted by Crippen LogP contribution is -2.26. The average Bonchev–Trinajstić information content (AvgIpc) is 4.16. The molecule has 3 heteroatoms. The first-order valence-corrected chi connectivity index (χ1v) is 24.9. The first kappa shape index (κ1) is 41.1. The van der Waals surface area contributed by atoms with E-state index < -0.39 is 5.41 Å². The molecule has 0 fully saturated rings. The molecule has 1 spiro atoms. The predicted molar refractivity (Wildman–Crippen MR) is 299 cm³/mol. The zero-order valence-corrected chi connectivity index (χ0v) is 39.6. The number of benzene rings is 9. The van der Waals surface area contributed by atoms with Crippen molar-refractivity contribution in [1.29, 1.82) is 0 Å². The highest BCUT2D eigenvalue weighted by Gasteiger charge is 2.52. The quantitative estimate of drug-likeness (QED) is 0.138. The fraction of sp³-hybridized carbons (Fsp3) is 0.0588. The van der Waals surface area contributed by atoms with E-state index in [-0.39, 0.29) is 0 Å². The monoisotopic (exact) mass is 907 g/mol.